The summed E-state index contributed by atoms with van der Waals surface area (Å²) in [5.74, 6) is 0.537. The zero-order valence-electron chi connectivity index (χ0n) is 12.7. The number of hydrogen-bond donors (Lipinski definition) is 0. The van der Waals surface area contributed by atoms with E-state index in [1.54, 1.807) is 0 Å². The molecule has 0 aliphatic carbocycles. The van der Waals surface area contributed by atoms with Crippen LogP contribution in [0.3, 0.4) is 0 Å². The summed E-state index contributed by atoms with van der Waals surface area (Å²) < 4.78 is 2.00. The summed E-state index contributed by atoms with van der Waals surface area (Å²) in [6.45, 7) is 6.57. The second-order valence-corrected chi connectivity index (χ2v) is 5.67. The molecule has 0 unspecified atom stereocenters. The highest BCUT2D eigenvalue weighted by atomic mass is 15.3. The first-order valence-corrected chi connectivity index (χ1v) is 7.37. The first-order valence-electron chi connectivity index (χ1n) is 7.37. The molecule has 0 saturated heterocycles. The fourth-order valence-corrected chi connectivity index (χ4v) is 2.59. The summed E-state index contributed by atoms with van der Waals surface area (Å²) in [7, 11) is 0. The van der Waals surface area contributed by atoms with Crippen LogP contribution in [-0.4, -0.2) is 9.78 Å². The van der Waals surface area contributed by atoms with Gasteiger partial charge >= 0.3 is 0 Å². The van der Waals surface area contributed by atoms with E-state index in [-0.39, 0.29) is 0 Å². The van der Waals surface area contributed by atoms with Crippen LogP contribution >= 0.6 is 0 Å². The van der Waals surface area contributed by atoms with Crippen LogP contribution in [0, 0.1) is 6.92 Å². The molecule has 2 nitrogen and oxygen atoms in total. The molecule has 0 amide bonds. The Kier molecular flexibility index (Phi) is 3.61. The number of benzene rings is 2. The van der Waals surface area contributed by atoms with Gasteiger partial charge in [0.25, 0.3) is 0 Å². The standard InChI is InChI=1S/C19H20N2/c1-14(2)16-8-7-9-17(12-16)19-13-20-21(15(19)3)18-10-5-4-6-11-18/h4-14H,1-3H3. The van der Waals surface area contributed by atoms with E-state index in [9.17, 15) is 0 Å². The average Bonchev–Trinajstić information content (AvgIpc) is 2.90. The van der Waals surface area contributed by atoms with Gasteiger partial charge in [0.05, 0.1) is 11.9 Å². The summed E-state index contributed by atoms with van der Waals surface area (Å²) in [5.41, 5.74) is 6.06. The van der Waals surface area contributed by atoms with E-state index >= 15 is 0 Å². The number of nitrogens with zero attached hydrogens (tertiary/aromatic N) is 2. The summed E-state index contributed by atoms with van der Waals surface area (Å²) in [6.07, 6.45) is 1.96. The van der Waals surface area contributed by atoms with Crippen molar-refractivity contribution in [2.75, 3.05) is 0 Å². The van der Waals surface area contributed by atoms with Crippen LogP contribution in [0.2, 0.25) is 0 Å². The first-order chi connectivity index (χ1) is 10.2. The minimum absolute atomic E-state index is 0.537. The molecule has 0 spiro atoms. The summed E-state index contributed by atoms with van der Waals surface area (Å²) >= 11 is 0. The van der Waals surface area contributed by atoms with Crippen LogP contribution < -0.4 is 0 Å². The Labute approximate surface area is 126 Å². The van der Waals surface area contributed by atoms with Crippen molar-refractivity contribution >= 4 is 0 Å². The van der Waals surface area contributed by atoms with E-state index in [4.69, 9.17) is 0 Å². The summed E-state index contributed by atoms with van der Waals surface area (Å²) in [6, 6.07) is 19.0. The molecule has 2 heteroatoms. The fraction of sp³-hybridized carbons (Fsp3) is 0.211. The Morgan fingerprint density at radius 3 is 2.43 bits per heavy atom. The maximum Gasteiger partial charge on any atom is 0.0648 e. The largest absolute Gasteiger partial charge is 0.237 e. The van der Waals surface area contributed by atoms with Crippen LogP contribution in [0.5, 0.6) is 0 Å². The van der Waals surface area contributed by atoms with Gasteiger partial charge in [0.15, 0.2) is 0 Å². The molecule has 1 aromatic heterocycles. The maximum absolute atomic E-state index is 4.55. The lowest BCUT2D eigenvalue weighted by molar-refractivity contribution is 0.847. The van der Waals surface area contributed by atoms with Crippen molar-refractivity contribution in [3.63, 3.8) is 0 Å². The molecule has 0 atom stereocenters. The van der Waals surface area contributed by atoms with Crippen molar-refractivity contribution in [3.05, 3.63) is 72.1 Å². The van der Waals surface area contributed by atoms with Gasteiger partial charge < -0.3 is 0 Å². The molecule has 0 bridgehead atoms. The van der Waals surface area contributed by atoms with E-state index in [0.29, 0.717) is 5.92 Å². The van der Waals surface area contributed by atoms with E-state index < -0.39 is 0 Å². The summed E-state index contributed by atoms with van der Waals surface area (Å²) in [5, 5.41) is 4.55. The van der Waals surface area contributed by atoms with E-state index in [1.807, 2.05) is 29.1 Å². The Bertz CT molecular complexity index is 739. The van der Waals surface area contributed by atoms with Gasteiger partial charge in [-0.05, 0) is 36.1 Å². The van der Waals surface area contributed by atoms with Gasteiger partial charge in [0.2, 0.25) is 0 Å². The molecule has 0 saturated carbocycles. The van der Waals surface area contributed by atoms with Crippen molar-refractivity contribution in [1.82, 2.24) is 9.78 Å². The van der Waals surface area contributed by atoms with Crippen LogP contribution in [0.4, 0.5) is 0 Å². The first kappa shape index (κ1) is 13.6. The molecule has 21 heavy (non-hydrogen) atoms. The third-order valence-corrected chi connectivity index (χ3v) is 3.87. The van der Waals surface area contributed by atoms with Crippen molar-refractivity contribution in [2.24, 2.45) is 0 Å². The van der Waals surface area contributed by atoms with E-state index in [1.165, 1.54) is 22.4 Å². The van der Waals surface area contributed by atoms with Gasteiger partial charge in [-0.15, -0.1) is 0 Å². The molecule has 0 N–H and O–H groups in total. The number of rotatable bonds is 3. The van der Waals surface area contributed by atoms with Crippen LogP contribution in [0.1, 0.15) is 31.0 Å². The highest BCUT2D eigenvalue weighted by Gasteiger charge is 2.10. The minimum atomic E-state index is 0.537. The molecule has 2 aromatic carbocycles. The average molecular weight is 276 g/mol. The lowest BCUT2D eigenvalue weighted by Gasteiger charge is -2.09. The molecule has 1 heterocycles. The molecule has 0 aliphatic heterocycles. The predicted octanol–water partition coefficient (Wildman–Crippen LogP) is 4.97. The van der Waals surface area contributed by atoms with Gasteiger partial charge in [0, 0.05) is 11.3 Å². The lowest BCUT2D eigenvalue weighted by atomic mass is 9.98. The summed E-state index contributed by atoms with van der Waals surface area (Å²) in [4.78, 5) is 0. The van der Waals surface area contributed by atoms with Crippen LogP contribution in [0.25, 0.3) is 16.8 Å². The van der Waals surface area contributed by atoms with Crippen LogP contribution in [0.15, 0.2) is 60.8 Å². The van der Waals surface area contributed by atoms with Crippen molar-refractivity contribution in [1.29, 1.82) is 0 Å². The molecule has 3 rings (SSSR count). The molecule has 0 aliphatic rings. The number of aromatic nitrogens is 2. The van der Waals surface area contributed by atoms with Crippen molar-refractivity contribution < 1.29 is 0 Å². The van der Waals surface area contributed by atoms with Crippen LogP contribution in [-0.2, 0) is 0 Å². The highest BCUT2D eigenvalue weighted by molar-refractivity contribution is 5.66. The monoisotopic (exact) mass is 276 g/mol. The molecule has 0 radical (unpaired) electrons. The Morgan fingerprint density at radius 2 is 1.71 bits per heavy atom. The zero-order valence-corrected chi connectivity index (χ0v) is 12.7. The lowest BCUT2D eigenvalue weighted by Crippen LogP contribution is -1.98. The van der Waals surface area contributed by atoms with Gasteiger partial charge in [-0.1, -0.05) is 56.3 Å². The quantitative estimate of drug-likeness (QED) is 0.660. The predicted molar refractivity (Wildman–Crippen MR) is 87.8 cm³/mol. The van der Waals surface area contributed by atoms with Crippen molar-refractivity contribution in [3.8, 4) is 16.8 Å². The maximum atomic E-state index is 4.55. The van der Waals surface area contributed by atoms with Gasteiger partial charge in [-0.25, -0.2) is 4.68 Å². The third-order valence-electron chi connectivity index (χ3n) is 3.87. The number of para-hydroxylation sites is 1. The SMILES string of the molecule is Cc1c(-c2cccc(C(C)C)c2)cnn1-c1ccccc1. The second-order valence-electron chi connectivity index (χ2n) is 5.67. The fourth-order valence-electron chi connectivity index (χ4n) is 2.59. The zero-order chi connectivity index (χ0) is 14.8. The molecule has 0 fully saturated rings. The highest BCUT2D eigenvalue weighted by Crippen LogP contribution is 2.27. The van der Waals surface area contributed by atoms with Crippen molar-refractivity contribution in [2.45, 2.75) is 26.7 Å². The van der Waals surface area contributed by atoms with E-state index in [0.717, 1.165) is 5.69 Å². The van der Waals surface area contributed by atoms with Gasteiger partial charge in [0.1, 0.15) is 0 Å². The second kappa shape index (κ2) is 5.57. The molecular formula is C19H20N2. The normalized spacial score (nSPS) is 11.0. The van der Waals surface area contributed by atoms with E-state index in [2.05, 4.69) is 62.3 Å². The molecule has 106 valence electrons. The van der Waals surface area contributed by atoms with Gasteiger partial charge in [-0.3, -0.25) is 0 Å². The Hall–Kier alpha value is -2.35. The number of hydrogen-bond acceptors (Lipinski definition) is 1. The smallest absolute Gasteiger partial charge is 0.0648 e. The molecule has 3 aromatic rings. The Morgan fingerprint density at radius 1 is 0.952 bits per heavy atom. The molecular weight excluding hydrogens is 256 g/mol. The van der Waals surface area contributed by atoms with Gasteiger partial charge in [-0.2, -0.15) is 5.10 Å². The Balaban J connectivity index is 2.05. The third kappa shape index (κ3) is 2.62. The topological polar surface area (TPSA) is 17.8 Å². The minimum Gasteiger partial charge on any atom is -0.237 e.